The van der Waals surface area contributed by atoms with Gasteiger partial charge in [0, 0.05) is 18.6 Å². The van der Waals surface area contributed by atoms with Crippen LogP contribution in [0.1, 0.15) is 47.5 Å². The van der Waals surface area contributed by atoms with Crippen molar-refractivity contribution in [3.63, 3.8) is 0 Å². The lowest BCUT2D eigenvalue weighted by molar-refractivity contribution is -0.127. The zero-order chi connectivity index (χ0) is 12.3. The highest BCUT2D eigenvalue weighted by molar-refractivity contribution is 5.81. The number of nitrogens with zero attached hydrogens (tertiary/aromatic N) is 1. The van der Waals surface area contributed by atoms with E-state index < -0.39 is 0 Å². The van der Waals surface area contributed by atoms with E-state index in [1.807, 2.05) is 6.92 Å². The average molecular weight is 226 g/mol. The van der Waals surface area contributed by atoms with Crippen LogP contribution in [0.4, 0.5) is 0 Å². The molecule has 1 rings (SSSR count). The number of amides is 1. The SMILES string of the molecule is CC(C)CNC(=O)C(C)N1C(C)CCC1C. The first-order valence-electron chi connectivity index (χ1n) is 6.48. The first-order chi connectivity index (χ1) is 7.43. The maximum atomic E-state index is 12.0. The minimum Gasteiger partial charge on any atom is -0.354 e. The topological polar surface area (TPSA) is 32.3 Å². The molecule has 0 aromatic carbocycles. The van der Waals surface area contributed by atoms with Crippen LogP contribution in [0.5, 0.6) is 0 Å². The van der Waals surface area contributed by atoms with Crippen LogP contribution in [0.15, 0.2) is 0 Å². The van der Waals surface area contributed by atoms with E-state index in [0.717, 1.165) is 6.54 Å². The Morgan fingerprint density at radius 2 is 1.75 bits per heavy atom. The van der Waals surface area contributed by atoms with Gasteiger partial charge in [-0.05, 0) is 39.5 Å². The molecule has 0 saturated carbocycles. The molecular formula is C13H26N2O. The van der Waals surface area contributed by atoms with Gasteiger partial charge in [-0.15, -0.1) is 0 Å². The second-order valence-corrected chi connectivity index (χ2v) is 5.54. The molecule has 1 amide bonds. The molecule has 1 heterocycles. The van der Waals surface area contributed by atoms with Gasteiger partial charge in [0.1, 0.15) is 0 Å². The molecule has 0 radical (unpaired) electrons. The predicted octanol–water partition coefficient (Wildman–Crippen LogP) is 2.02. The number of hydrogen-bond acceptors (Lipinski definition) is 2. The van der Waals surface area contributed by atoms with Crippen molar-refractivity contribution in [1.29, 1.82) is 0 Å². The summed E-state index contributed by atoms with van der Waals surface area (Å²) < 4.78 is 0. The van der Waals surface area contributed by atoms with E-state index in [1.165, 1.54) is 12.8 Å². The molecular weight excluding hydrogens is 200 g/mol. The second kappa shape index (κ2) is 5.67. The van der Waals surface area contributed by atoms with Crippen molar-refractivity contribution in [2.75, 3.05) is 6.54 Å². The third-order valence-electron chi connectivity index (χ3n) is 3.53. The summed E-state index contributed by atoms with van der Waals surface area (Å²) in [7, 11) is 0. The maximum Gasteiger partial charge on any atom is 0.237 e. The monoisotopic (exact) mass is 226 g/mol. The Labute approximate surface area is 99.6 Å². The summed E-state index contributed by atoms with van der Waals surface area (Å²) in [6.07, 6.45) is 2.42. The second-order valence-electron chi connectivity index (χ2n) is 5.54. The van der Waals surface area contributed by atoms with Gasteiger partial charge in [0.15, 0.2) is 0 Å². The molecule has 0 bridgehead atoms. The molecule has 1 saturated heterocycles. The Kier molecular flexibility index (Phi) is 4.78. The molecule has 3 atom stereocenters. The summed E-state index contributed by atoms with van der Waals surface area (Å²) in [5, 5.41) is 3.02. The molecule has 3 nitrogen and oxygen atoms in total. The standard InChI is InChI=1S/C13H26N2O/c1-9(2)8-14-13(16)12(5)15-10(3)6-7-11(15)4/h9-12H,6-8H2,1-5H3,(H,14,16). The third-order valence-corrected chi connectivity index (χ3v) is 3.53. The Hall–Kier alpha value is -0.570. The van der Waals surface area contributed by atoms with Crippen LogP contribution >= 0.6 is 0 Å². The minimum absolute atomic E-state index is 0.00579. The maximum absolute atomic E-state index is 12.0. The number of carbonyl (C=O) groups is 1. The summed E-state index contributed by atoms with van der Waals surface area (Å²) in [6, 6.07) is 1.08. The van der Waals surface area contributed by atoms with Crippen molar-refractivity contribution >= 4 is 5.91 Å². The molecule has 1 aliphatic rings. The van der Waals surface area contributed by atoms with E-state index in [4.69, 9.17) is 0 Å². The molecule has 3 unspecified atom stereocenters. The third kappa shape index (κ3) is 3.21. The van der Waals surface area contributed by atoms with Gasteiger partial charge in [-0.3, -0.25) is 9.69 Å². The smallest absolute Gasteiger partial charge is 0.237 e. The van der Waals surface area contributed by atoms with Crippen molar-refractivity contribution in [3.8, 4) is 0 Å². The molecule has 1 N–H and O–H groups in total. The van der Waals surface area contributed by atoms with E-state index >= 15 is 0 Å². The van der Waals surface area contributed by atoms with Crippen LogP contribution in [0.25, 0.3) is 0 Å². The van der Waals surface area contributed by atoms with Crippen LogP contribution in [0, 0.1) is 5.92 Å². The summed E-state index contributed by atoms with van der Waals surface area (Å²) in [6.45, 7) is 11.5. The Bertz CT molecular complexity index is 230. The van der Waals surface area contributed by atoms with Crippen molar-refractivity contribution < 1.29 is 4.79 Å². The fourth-order valence-corrected chi connectivity index (χ4v) is 2.57. The zero-order valence-corrected chi connectivity index (χ0v) is 11.3. The first kappa shape index (κ1) is 13.5. The van der Waals surface area contributed by atoms with E-state index in [9.17, 15) is 4.79 Å². The highest BCUT2D eigenvalue weighted by atomic mass is 16.2. The van der Waals surface area contributed by atoms with Crippen LogP contribution < -0.4 is 5.32 Å². The summed E-state index contributed by atoms with van der Waals surface area (Å²) in [4.78, 5) is 14.3. The molecule has 94 valence electrons. The average Bonchev–Trinajstić information content (AvgIpc) is 2.54. The molecule has 1 aliphatic heterocycles. The number of nitrogens with one attached hydrogen (secondary N) is 1. The van der Waals surface area contributed by atoms with Gasteiger partial charge in [0.05, 0.1) is 6.04 Å². The van der Waals surface area contributed by atoms with E-state index in [1.54, 1.807) is 0 Å². The number of rotatable bonds is 4. The van der Waals surface area contributed by atoms with E-state index in [2.05, 4.69) is 37.9 Å². The molecule has 0 spiro atoms. The lowest BCUT2D eigenvalue weighted by Crippen LogP contribution is -2.49. The largest absolute Gasteiger partial charge is 0.354 e. The van der Waals surface area contributed by atoms with E-state index in [-0.39, 0.29) is 11.9 Å². The highest BCUT2D eigenvalue weighted by Gasteiger charge is 2.34. The normalized spacial score (nSPS) is 28.4. The molecule has 0 aromatic rings. The van der Waals surface area contributed by atoms with Gasteiger partial charge in [-0.25, -0.2) is 0 Å². The fraction of sp³-hybridized carbons (Fsp3) is 0.923. The number of carbonyl (C=O) groups excluding carboxylic acids is 1. The van der Waals surface area contributed by atoms with Crippen LogP contribution in [-0.2, 0) is 4.79 Å². The quantitative estimate of drug-likeness (QED) is 0.795. The van der Waals surface area contributed by atoms with Gasteiger partial charge in [0.2, 0.25) is 5.91 Å². The highest BCUT2D eigenvalue weighted by Crippen LogP contribution is 2.25. The number of hydrogen-bond donors (Lipinski definition) is 1. The zero-order valence-electron chi connectivity index (χ0n) is 11.3. The van der Waals surface area contributed by atoms with E-state index in [0.29, 0.717) is 18.0 Å². The molecule has 1 fully saturated rings. The Morgan fingerprint density at radius 3 is 2.19 bits per heavy atom. The lowest BCUT2D eigenvalue weighted by Gasteiger charge is -2.31. The molecule has 3 heteroatoms. The summed E-state index contributed by atoms with van der Waals surface area (Å²) >= 11 is 0. The molecule has 16 heavy (non-hydrogen) atoms. The summed E-state index contributed by atoms with van der Waals surface area (Å²) in [5.74, 6) is 0.693. The van der Waals surface area contributed by atoms with Crippen molar-refractivity contribution in [3.05, 3.63) is 0 Å². The van der Waals surface area contributed by atoms with Crippen LogP contribution in [0.3, 0.4) is 0 Å². The van der Waals surface area contributed by atoms with Gasteiger partial charge in [-0.1, -0.05) is 13.8 Å². The van der Waals surface area contributed by atoms with Gasteiger partial charge < -0.3 is 5.32 Å². The molecule has 0 aliphatic carbocycles. The Morgan fingerprint density at radius 1 is 1.25 bits per heavy atom. The van der Waals surface area contributed by atoms with Crippen LogP contribution in [-0.4, -0.2) is 35.5 Å². The predicted molar refractivity (Wildman–Crippen MR) is 67.3 cm³/mol. The molecule has 0 aromatic heterocycles. The summed E-state index contributed by atoms with van der Waals surface area (Å²) in [5.41, 5.74) is 0. The van der Waals surface area contributed by atoms with Crippen molar-refractivity contribution in [2.45, 2.75) is 65.6 Å². The fourth-order valence-electron chi connectivity index (χ4n) is 2.57. The van der Waals surface area contributed by atoms with Gasteiger partial charge >= 0.3 is 0 Å². The Balaban J connectivity index is 2.49. The van der Waals surface area contributed by atoms with Gasteiger partial charge in [0.25, 0.3) is 0 Å². The van der Waals surface area contributed by atoms with Crippen molar-refractivity contribution in [2.24, 2.45) is 5.92 Å². The minimum atomic E-state index is 0.00579. The van der Waals surface area contributed by atoms with Crippen molar-refractivity contribution in [1.82, 2.24) is 10.2 Å². The lowest BCUT2D eigenvalue weighted by atomic mass is 10.2. The van der Waals surface area contributed by atoms with Gasteiger partial charge in [-0.2, -0.15) is 0 Å². The number of likely N-dealkylation sites (tertiary alicyclic amines) is 1. The first-order valence-corrected chi connectivity index (χ1v) is 6.48. The van der Waals surface area contributed by atoms with Crippen LogP contribution in [0.2, 0.25) is 0 Å².